The maximum Gasteiger partial charge on any atom is 0.337 e. The van der Waals surface area contributed by atoms with E-state index in [1.165, 1.54) is 13.5 Å². The molecule has 5 nitrogen and oxygen atoms in total. The van der Waals surface area contributed by atoms with Crippen LogP contribution in [0.1, 0.15) is 41.6 Å². The van der Waals surface area contributed by atoms with Crippen molar-refractivity contribution in [1.29, 1.82) is 0 Å². The first kappa shape index (κ1) is 13.8. The second-order valence-electron chi connectivity index (χ2n) is 6.70. The SMILES string of the molecule is COC(=O)c1ccc(C2(NC(=O)C3CC4C[C@@H]4N3)CC2)cc1. The van der Waals surface area contributed by atoms with Crippen LogP contribution in [0.25, 0.3) is 0 Å². The number of hydrogen-bond donors (Lipinski definition) is 2. The van der Waals surface area contributed by atoms with Crippen LogP contribution in [0.2, 0.25) is 0 Å². The third kappa shape index (κ3) is 2.29. The zero-order valence-electron chi connectivity index (χ0n) is 12.6. The van der Waals surface area contributed by atoms with E-state index in [0.717, 1.165) is 24.8 Å². The van der Waals surface area contributed by atoms with Crippen LogP contribution < -0.4 is 10.6 Å². The number of ether oxygens (including phenoxy) is 1. The Bertz CT molecular complexity index is 611. The summed E-state index contributed by atoms with van der Waals surface area (Å²) in [6, 6.07) is 7.89. The molecule has 0 aromatic heterocycles. The van der Waals surface area contributed by atoms with E-state index in [1.807, 2.05) is 12.1 Å². The molecular weight excluding hydrogens is 280 g/mol. The third-order valence-corrected chi connectivity index (χ3v) is 5.16. The largest absolute Gasteiger partial charge is 0.465 e. The Morgan fingerprint density at radius 3 is 2.50 bits per heavy atom. The second kappa shape index (κ2) is 4.81. The van der Waals surface area contributed by atoms with Gasteiger partial charge in [-0.3, -0.25) is 4.79 Å². The summed E-state index contributed by atoms with van der Waals surface area (Å²) in [7, 11) is 1.37. The van der Waals surface area contributed by atoms with Crippen molar-refractivity contribution in [2.45, 2.75) is 43.3 Å². The molecule has 1 amide bonds. The Labute approximate surface area is 129 Å². The lowest BCUT2D eigenvalue weighted by Gasteiger charge is -2.21. The van der Waals surface area contributed by atoms with Gasteiger partial charge in [0.05, 0.1) is 24.3 Å². The Hall–Kier alpha value is -1.88. The maximum absolute atomic E-state index is 12.4. The molecule has 1 aromatic rings. The number of carbonyl (C=O) groups is 2. The minimum atomic E-state index is -0.338. The molecule has 3 fully saturated rings. The van der Waals surface area contributed by atoms with Gasteiger partial charge in [0.15, 0.2) is 0 Å². The van der Waals surface area contributed by atoms with Gasteiger partial charge in [0.25, 0.3) is 0 Å². The van der Waals surface area contributed by atoms with Crippen LogP contribution in [0.15, 0.2) is 24.3 Å². The fourth-order valence-corrected chi connectivity index (χ4v) is 3.50. The summed E-state index contributed by atoms with van der Waals surface area (Å²) in [5.41, 5.74) is 1.36. The topological polar surface area (TPSA) is 67.4 Å². The van der Waals surface area contributed by atoms with Gasteiger partial charge < -0.3 is 15.4 Å². The summed E-state index contributed by atoms with van der Waals surface area (Å²) in [5, 5.41) is 6.60. The summed E-state index contributed by atoms with van der Waals surface area (Å²) in [4.78, 5) is 23.9. The van der Waals surface area contributed by atoms with E-state index < -0.39 is 0 Å². The molecule has 116 valence electrons. The number of amides is 1. The number of esters is 1. The van der Waals surface area contributed by atoms with Crippen molar-refractivity contribution in [2.75, 3.05) is 7.11 Å². The summed E-state index contributed by atoms with van der Waals surface area (Å²) in [5.74, 6) is 0.488. The number of fused-ring (bicyclic) bond motifs is 1. The molecule has 1 aliphatic heterocycles. The molecule has 0 radical (unpaired) electrons. The van der Waals surface area contributed by atoms with E-state index in [1.54, 1.807) is 12.1 Å². The molecule has 1 aromatic carbocycles. The monoisotopic (exact) mass is 300 g/mol. The van der Waals surface area contributed by atoms with Crippen molar-refractivity contribution in [3.63, 3.8) is 0 Å². The highest BCUT2D eigenvalue weighted by Gasteiger charge is 2.51. The zero-order chi connectivity index (χ0) is 15.3. The molecule has 5 heteroatoms. The summed E-state index contributed by atoms with van der Waals surface area (Å²) in [6.07, 6.45) is 4.10. The van der Waals surface area contributed by atoms with Gasteiger partial charge in [-0.1, -0.05) is 12.1 Å². The Morgan fingerprint density at radius 2 is 1.95 bits per heavy atom. The minimum absolute atomic E-state index is 0.0319. The predicted octanol–water partition coefficient (Wildman–Crippen LogP) is 1.33. The van der Waals surface area contributed by atoms with Crippen molar-refractivity contribution in [3.8, 4) is 0 Å². The van der Waals surface area contributed by atoms with E-state index in [-0.39, 0.29) is 23.5 Å². The van der Waals surface area contributed by atoms with E-state index in [0.29, 0.717) is 17.5 Å². The van der Waals surface area contributed by atoms with Gasteiger partial charge in [-0.25, -0.2) is 4.79 Å². The molecule has 2 N–H and O–H groups in total. The van der Waals surface area contributed by atoms with Gasteiger partial charge in [-0.05, 0) is 49.3 Å². The molecule has 3 atom stereocenters. The first-order chi connectivity index (χ1) is 10.6. The normalized spacial score (nSPS) is 30.3. The zero-order valence-corrected chi connectivity index (χ0v) is 12.6. The van der Waals surface area contributed by atoms with Crippen molar-refractivity contribution in [1.82, 2.24) is 10.6 Å². The van der Waals surface area contributed by atoms with Gasteiger partial charge in [0.1, 0.15) is 0 Å². The summed E-state index contributed by atoms with van der Waals surface area (Å²) in [6.45, 7) is 0. The highest BCUT2D eigenvalue weighted by Crippen LogP contribution is 2.46. The van der Waals surface area contributed by atoms with Gasteiger partial charge in [-0.2, -0.15) is 0 Å². The van der Waals surface area contributed by atoms with E-state index in [9.17, 15) is 9.59 Å². The van der Waals surface area contributed by atoms with E-state index in [4.69, 9.17) is 4.74 Å². The Balaban J connectivity index is 1.44. The van der Waals surface area contributed by atoms with E-state index >= 15 is 0 Å². The molecule has 2 unspecified atom stereocenters. The maximum atomic E-state index is 12.4. The summed E-state index contributed by atoms with van der Waals surface area (Å²) >= 11 is 0. The van der Waals surface area contributed by atoms with Crippen molar-refractivity contribution in [3.05, 3.63) is 35.4 Å². The van der Waals surface area contributed by atoms with Crippen molar-refractivity contribution in [2.24, 2.45) is 5.92 Å². The van der Waals surface area contributed by atoms with Gasteiger partial charge in [-0.15, -0.1) is 0 Å². The molecule has 0 bridgehead atoms. The van der Waals surface area contributed by atoms with Crippen LogP contribution in [0, 0.1) is 5.92 Å². The van der Waals surface area contributed by atoms with Crippen LogP contribution >= 0.6 is 0 Å². The first-order valence-electron chi connectivity index (χ1n) is 7.88. The van der Waals surface area contributed by atoms with Gasteiger partial charge in [0, 0.05) is 6.04 Å². The lowest BCUT2D eigenvalue weighted by molar-refractivity contribution is -0.124. The fourth-order valence-electron chi connectivity index (χ4n) is 3.50. The van der Waals surface area contributed by atoms with Crippen molar-refractivity contribution >= 4 is 11.9 Å². The molecular formula is C17H20N2O3. The third-order valence-electron chi connectivity index (χ3n) is 5.16. The second-order valence-corrected chi connectivity index (χ2v) is 6.70. The minimum Gasteiger partial charge on any atom is -0.465 e. The van der Waals surface area contributed by atoms with Crippen LogP contribution in [-0.2, 0) is 15.1 Å². The molecule has 0 spiro atoms. The quantitative estimate of drug-likeness (QED) is 0.823. The molecule has 22 heavy (non-hydrogen) atoms. The Morgan fingerprint density at radius 1 is 1.23 bits per heavy atom. The standard InChI is InChI=1S/C17H20N2O3/c1-22-16(21)10-2-4-12(5-3-10)17(6-7-17)19-15(20)14-9-11-8-13(11)18-14/h2-5,11,13-14,18H,6-9H2,1H3,(H,19,20)/t11?,13-,14?/m0/s1. The molecule has 2 saturated carbocycles. The van der Waals surface area contributed by atoms with Crippen LogP contribution in [-0.4, -0.2) is 31.1 Å². The molecule has 1 heterocycles. The molecule has 2 aliphatic carbocycles. The van der Waals surface area contributed by atoms with Crippen LogP contribution in [0.5, 0.6) is 0 Å². The average molecular weight is 300 g/mol. The van der Waals surface area contributed by atoms with Gasteiger partial charge >= 0.3 is 5.97 Å². The number of hydrogen-bond acceptors (Lipinski definition) is 4. The highest BCUT2D eigenvalue weighted by molar-refractivity contribution is 5.89. The summed E-state index contributed by atoms with van der Waals surface area (Å²) < 4.78 is 4.71. The van der Waals surface area contributed by atoms with E-state index in [2.05, 4.69) is 10.6 Å². The number of nitrogens with one attached hydrogen (secondary N) is 2. The number of carbonyl (C=O) groups excluding carboxylic acids is 2. The fraction of sp³-hybridized carbons (Fsp3) is 0.529. The first-order valence-corrected chi connectivity index (χ1v) is 7.88. The molecule has 3 aliphatic rings. The lowest BCUT2D eigenvalue weighted by Crippen LogP contribution is -2.46. The number of rotatable bonds is 4. The number of benzene rings is 1. The number of methoxy groups -OCH3 is 1. The molecule has 4 rings (SSSR count). The molecule has 1 saturated heterocycles. The smallest absolute Gasteiger partial charge is 0.337 e. The van der Waals surface area contributed by atoms with Crippen molar-refractivity contribution < 1.29 is 14.3 Å². The van der Waals surface area contributed by atoms with Gasteiger partial charge in [0.2, 0.25) is 5.91 Å². The average Bonchev–Trinajstić information content (AvgIpc) is 3.46. The van der Waals surface area contributed by atoms with Crippen LogP contribution in [0.3, 0.4) is 0 Å². The number of piperidine rings is 1. The Kier molecular flexibility index (Phi) is 3.01. The lowest BCUT2D eigenvalue weighted by atomic mass is 10.0. The predicted molar refractivity (Wildman–Crippen MR) is 80.3 cm³/mol. The highest BCUT2D eigenvalue weighted by atomic mass is 16.5. The van der Waals surface area contributed by atoms with Crippen LogP contribution in [0.4, 0.5) is 0 Å².